The molecule has 1 fully saturated rings. The maximum Gasteiger partial charge on any atom is 0.355 e. The number of esters is 1. The molecule has 0 unspecified atom stereocenters. The Bertz CT molecular complexity index is 741. The molecule has 0 aromatic heterocycles. The molecule has 120 valence electrons. The fourth-order valence-corrected chi connectivity index (χ4v) is 2.96. The van der Waals surface area contributed by atoms with Gasteiger partial charge in [0.2, 0.25) is 5.91 Å². The predicted molar refractivity (Wildman–Crippen MR) is 82.9 cm³/mol. The lowest BCUT2D eigenvalue weighted by Gasteiger charge is -2.18. The van der Waals surface area contributed by atoms with Gasteiger partial charge in [-0.15, -0.1) is 0 Å². The molecule has 1 aromatic rings. The summed E-state index contributed by atoms with van der Waals surface area (Å²) in [5.41, 5.74) is 4.95. The first-order chi connectivity index (χ1) is 11.0. The highest BCUT2D eigenvalue weighted by Crippen LogP contribution is 2.32. The lowest BCUT2D eigenvalue weighted by atomic mass is 9.99. The van der Waals surface area contributed by atoms with Crippen LogP contribution in [0.15, 0.2) is 23.3 Å². The van der Waals surface area contributed by atoms with E-state index in [1.54, 1.807) is 13.0 Å². The molecule has 7 nitrogen and oxygen atoms in total. The number of hydrogen-bond acceptors (Lipinski definition) is 6. The summed E-state index contributed by atoms with van der Waals surface area (Å²) in [6, 6.07) is 4.63. The van der Waals surface area contributed by atoms with E-state index in [-0.39, 0.29) is 12.3 Å². The van der Waals surface area contributed by atoms with Crippen molar-refractivity contribution in [1.29, 1.82) is 0 Å². The Labute approximate surface area is 133 Å². The van der Waals surface area contributed by atoms with Gasteiger partial charge in [0, 0.05) is 0 Å². The minimum absolute atomic E-state index is 0.0394. The third kappa shape index (κ3) is 2.28. The van der Waals surface area contributed by atoms with E-state index < -0.39 is 29.7 Å². The van der Waals surface area contributed by atoms with Crippen LogP contribution in [0.3, 0.4) is 0 Å². The number of hydrazone groups is 1. The fourth-order valence-electron chi connectivity index (χ4n) is 2.96. The zero-order valence-electron chi connectivity index (χ0n) is 13.1. The van der Waals surface area contributed by atoms with Crippen molar-refractivity contribution in [3.8, 4) is 0 Å². The van der Waals surface area contributed by atoms with Crippen LogP contribution in [-0.4, -0.2) is 36.1 Å². The summed E-state index contributed by atoms with van der Waals surface area (Å²) in [6.07, 6.45) is 0. The molecule has 1 aromatic carbocycles. The van der Waals surface area contributed by atoms with E-state index >= 15 is 0 Å². The summed E-state index contributed by atoms with van der Waals surface area (Å²) in [5.74, 6) is -2.46. The van der Waals surface area contributed by atoms with Gasteiger partial charge in [0.05, 0.1) is 12.3 Å². The van der Waals surface area contributed by atoms with E-state index in [0.29, 0.717) is 5.69 Å². The average Bonchev–Trinajstić information content (AvgIpc) is 3.02. The number of anilines is 1. The topological polar surface area (TPSA) is 88.1 Å². The Morgan fingerprint density at radius 3 is 2.70 bits per heavy atom. The van der Waals surface area contributed by atoms with Gasteiger partial charge in [0.1, 0.15) is 12.0 Å². The van der Waals surface area contributed by atoms with Crippen LogP contribution in [0.25, 0.3) is 0 Å². The molecular weight excluding hydrogens is 298 g/mol. The standard InChI is InChI=1S/C16H17N3O4/c1-4-23-16(22)13-11-12(17-18-13)15(21)19(14(11)20)10-6-5-8(2)7-9(10)3/h5-7,11-12,17H,4H2,1-3H3/t11-,12-/m0/s1. The Morgan fingerprint density at radius 1 is 1.30 bits per heavy atom. The van der Waals surface area contributed by atoms with Crippen molar-refractivity contribution in [2.24, 2.45) is 11.0 Å². The summed E-state index contributed by atoms with van der Waals surface area (Å²) in [6.45, 7) is 5.62. The van der Waals surface area contributed by atoms with Crippen LogP contribution in [0.2, 0.25) is 0 Å². The molecule has 2 aliphatic rings. The number of benzene rings is 1. The number of nitrogens with zero attached hydrogens (tertiary/aromatic N) is 2. The number of ether oxygens (including phenoxy) is 1. The van der Waals surface area contributed by atoms with E-state index in [1.165, 1.54) is 0 Å². The van der Waals surface area contributed by atoms with E-state index in [0.717, 1.165) is 16.0 Å². The summed E-state index contributed by atoms with van der Waals surface area (Å²) in [5, 5.41) is 3.83. The average molecular weight is 315 g/mol. The normalized spacial score (nSPS) is 22.7. The van der Waals surface area contributed by atoms with Gasteiger partial charge >= 0.3 is 5.97 Å². The van der Waals surface area contributed by atoms with Gasteiger partial charge in [0.15, 0.2) is 5.71 Å². The SMILES string of the molecule is CCOC(=O)C1=NN[C@@H]2C(=O)N(c3ccc(C)cc3C)C(=O)[C@H]12. The molecule has 2 heterocycles. The zero-order valence-corrected chi connectivity index (χ0v) is 13.1. The summed E-state index contributed by atoms with van der Waals surface area (Å²) < 4.78 is 4.91. The van der Waals surface area contributed by atoms with Crippen LogP contribution < -0.4 is 10.3 Å². The maximum atomic E-state index is 12.7. The summed E-state index contributed by atoms with van der Waals surface area (Å²) in [4.78, 5) is 38.4. The van der Waals surface area contributed by atoms with Crippen LogP contribution in [-0.2, 0) is 19.1 Å². The van der Waals surface area contributed by atoms with Crippen LogP contribution in [0.4, 0.5) is 5.69 Å². The van der Waals surface area contributed by atoms with Crippen molar-refractivity contribution < 1.29 is 19.1 Å². The predicted octanol–water partition coefficient (Wildman–Crippen LogP) is 0.684. The number of nitrogens with one attached hydrogen (secondary N) is 1. The van der Waals surface area contributed by atoms with Crippen molar-refractivity contribution in [3.63, 3.8) is 0 Å². The first-order valence-corrected chi connectivity index (χ1v) is 7.41. The van der Waals surface area contributed by atoms with E-state index in [4.69, 9.17) is 4.74 Å². The third-order valence-electron chi connectivity index (χ3n) is 4.00. The number of carbonyl (C=O) groups excluding carboxylic acids is 3. The number of hydrogen-bond donors (Lipinski definition) is 1. The highest BCUT2D eigenvalue weighted by Gasteiger charge is 2.55. The van der Waals surface area contributed by atoms with Crippen molar-refractivity contribution >= 4 is 29.2 Å². The molecular formula is C16H17N3O4. The van der Waals surface area contributed by atoms with Gasteiger partial charge in [-0.3, -0.25) is 15.0 Å². The number of amides is 2. The van der Waals surface area contributed by atoms with Gasteiger partial charge in [-0.25, -0.2) is 9.69 Å². The minimum atomic E-state index is -0.928. The summed E-state index contributed by atoms with van der Waals surface area (Å²) in [7, 11) is 0. The second-order valence-electron chi connectivity index (χ2n) is 5.60. The Hall–Kier alpha value is -2.70. The van der Waals surface area contributed by atoms with Crippen LogP contribution in [0.1, 0.15) is 18.1 Å². The molecule has 2 atom stereocenters. The highest BCUT2D eigenvalue weighted by atomic mass is 16.5. The van der Waals surface area contributed by atoms with Crippen molar-refractivity contribution in [2.45, 2.75) is 26.8 Å². The molecule has 0 saturated carbocycles. The molecule has 0 bridgehead atoms. The third-order valence-corrected chi connectivity index (χ3v) is 4.00. The van der Waals surface area contributed by atoms with Gasteiger partial charge < -0.3 is 4.74 Å². The number of aryl methyl sites for hydroxylation is 2. The van der Waals surface area contributed by atoms with Gasteiger partial charge in [-0.1, -0.05) is 17.7 Å². The Kier molecular flexibility index (Phi) is 3.63. The molecule has 7 heteroatoms. The van der Waals surface area contributed by atoms with Gasteiger partial charge in [-0.05, 0) is 32.4 Å². The molecule has 2 amide bonds. The molecule has 0 spiro atoms. The second-order valence-corrected chi connectivity index (χ2v) is 5.60. The van der Waals surface area contributed by atoms with Crippen LogP contribution in [0, 0.1) is 19.8 Å². The van der Waals surface area contributed by atoms with Gasteiger partial charge in [-0.2, -0.15) is 5.10 Å². The number of carbonyl (C=O) groups is 3. The van der Waals surface area contributed by atoms with E-state index in [1.807, 2.05) is 26.0 Å². The molecule has 2 aliphatic heterocycles. The molecule has 0 aliphatic carbocycles. The summed E-state index contributed by atoms with van der Waals surface area (Å²) >= 11 is 0. The Balaban J connectivity index is 1.95. The van der Waals surface area contributed by atoms with Crippen molar-refractivity contribution in [3.05, 3.63) is 29.3 Å². The molecule has 1 N–H and O–H groups in total. The lowest BCUT2D eigenvalue weighted by molar-refractivity contribution is -0.136. The van der Waals surface area contributed by atoms with E-state index in [9.17, 15) is 14.4 Å². The molecule has 23 heavy (non-hydrogen) atoms. The maximum absolute atomic E-state index is 12.7. The van der Waals surface area contributed by atoms with Crippen molar-refractivity contribution in [1.82, 2.24) is 5.43 Å². The molecule has 1 saturated heterocycles. The van der Waals surface area contributed by atoms with Crippen molar-refractivity contribution in [2.75, 3.05) is 11.5 Å². The van der Waals surface area contributed by atoms with Gasteiger partial charge in [0.25, 0.3) is 5.91 Å². The Morgan fingerprint density at radius 2 is 2.04 bits per heavy atom. The molecule has 3 rings (SSSR count). The quantitative estimate of drug-likeness (QED) is 0.655. The minimum Gasteiger partial charge on any atom is -0.461 e. The van der Waals surface area contributed by atoms with Crippen LogP contribution >= 0.6 is 0 Å². The zero-order chi connectivity index (χ0) is 16.7. The number of rotatable bonds is 3. The smallest absolute Gasteiger partial charge is 0.355 e. The lowest BCUT2D eigenvalue weighted by Crippen LogP contribution is -2.36. The highest BCUT2D eigenvalue weighted by molar-refractivity contribution is 6.46. The number of fused-ring (bicyclic) bond motifs is 1. The second kappa shape index (κ2) is 5.49. The molecule has 0 radical (unpaired) electrons. The largest absolute Gasteiger partial charge is 0.461 e. The first-order valence-electron chi connectivity index (χ1n) is 7.41. The van der Waals surface area contributed by atoms with Crippen LogP contribution in [0.5, 0.6) is 0 Å². The monoisotopic (exact) mass is 315 g/mol. The van der Waals surface area contributed by atoms with E-state index in [2.05, 4.69) is 10.5 Å². The number of imide groups is 1. The fraction of sp³-hybridized carbons (Fsp3) is 0.375. The first kappa shape index (κ1) is 15.2.